The lowest BCUT2D eigenvalue weighted by Crippen LogP contribution is -2.27. The molecule has 47 heavy (non-hydrogen) atoms. The number of nitrogens with zero attached hydrogens (tertiary/aromatic N) is 2. The third-order valence-electron chi connectivity index (χ3n) is 7.91. The normalized spacial score (nSPS) is 12.2. The number of rotatable bonds is 8. The molecule has 6 rings (SSSR count). The van der Waals surface area contributed by atoms with E-state index in [1.807, 2.05) is 54.6 Å². The van der Waals surface area contributed by atoms with Crippen molar-refractivity contribution in [2.24, 2.45) is 0 Å². The van der Waals surface area contributed by atoms with Crippen LogP contribution in [0.1, 0.15) is 50.4 Å². The molecule has 0 radical (unpaired) electrons. The summed E-state index contributed by atoms with van der Waals surface area (Å²) < 4.78 is 56.8. The second-order valence-electron chi connectivity index (χ2n) is 11.2. The van der Waals surface area contributed by atoms with Crippen molar-refractivity contribution in [1.29, 1.82) is 0 Å². The first kappa shape index (κ1) is 31.2. The highest BCUT2D eigenvalue weighted by Crippen LogP contribution is 2.35. The van der Waals surface area contributed by atoms with Crippen LogP contribution >= 0.6 is 0 Å². The minimum absolute atomic E-state index is 0.0473. The Morgan fingerprint density at radius 3 is 2.23 bits per heavy atom. The summed E-state index contributed by atoms with van der Waals surface area (Å²) in [6.07, 6.45) is -3.25. The number of aromatic nitrogens is 2. The number of hydrogen-bond acceptors (Lipinski definition) is 3. The number of aromatic carboxylic acids is 1. The number of carbonyl (C=O) groups excluding carboxylic acids is 1. The summed E-state index contributed by atoms with van der Waals surface area (Å²) in [6, 6.07) is 28.5. The number of nitrogens with one attached hydrogen (secondary N) is 1. The summed E-state index contributed by atoms with van der Waals surface area (Å²) >= 11 is 0. The second kappa shape index (κ2) is 12.6. The van der Waals surface area contributed by atoms with Crippen molar-refractivity contribution in [1.82, 2.24) is 15.1 Å². The molecule has 0 bridgehead atoms. The molecule has 0 aliphatic rings. The molecule has 1 aromatic heterocycles. The van der Waals surface area contributed by atoms with Crippen LogP contribution in [0.15, 0.2) is 115 Å². The van der Waals surface area contributed by atoms with Gasteiger partial charge in [0.1, 0.15) is 5.82 Å². The van der Waals surface area contributed by atoms with Crippen molar-refractivity contribution in [3.63, 3.8) is 0 Å². The van der Waals surface area contributed by atoms with E-state index in [1.165, 1.54) is 24.4 Å². The van der Waals surface area contributed by atoms with Gasteiger partial charge in [-0.2, -0.15) is 18.3 Å². The Labute approximate surface area is 266 Å². The van der Waals surface area contributed by atoms with Gasteiger partial charge in [0.05, 0.1) is 41.0 Å². The van der Waals surface area contributed by atoms with Gasteiger partial charge in [-0.05, 0) is 88.8 Å². The third-order valence-corrected chi connectivity index (χ3v) is 7.91. The number of carboxylic acid groups (broad SMARTS) is 1. The highest BCUT2D eigenvalue weighted by molar-refractivity contribution is 6.07. The van der Waals surface area contributed by atoms with E-state index in [2.05, 4.69) is 10.4 Å². The molecule has 2 N–H and O–H groups in total. The highest BCUT2D eigenvalue weighted by Gasteiger charge is 2.31. The molecule has 0 aliphatic heterocycles. The van der Waals surface area contributed by atoms with E-state index >= 15 is 0 Å². The fraction of sp³-hybridized carbons (Fsp3) is 0.108. The fourth-order valence-corrected chi connectivity index (χ4v) is 5.54. The van der Waals surface area contributed by atoms with E-state index in [9.17, 15) is 32.3 Å². The van der Waals surface area contributed by atoms with Gasteiger partial charge in [0.2, 0.25) is 0 Å². The summed E-state index contributed by atoms with van der Waals surface area (Å²) in [5, 5.41) is 17.1. The first-order valence-electron chi connectivity index (χ1n) is 14.6. The maximum absolute atomic E-state index is 14.4. The quantitative estimate of drug-likeness (QED) is 0.164. The van der Waals surface area contributed by atoms with Crippen LogP contribution in [0.25, 0.3) is 33.2 Å². The van der Waals surface area contributed by atoms with Crippen LogP contribution in [-0.4, -0.2) is 26.8 Å². The highest BCUT2D eigenvalue weighted by atomic mass is 19.4. The number of carboxylic acids is 1. The second-order valence-corrected chi connectivity index (χ2v) is 11.2. The van der Waals surface area contributed by atoms with Gasteiger partial charge in [0.25, 0.3) is 5.91 Å². The zero-order chi connectivity index (χ0) is 33.3. The van der Waals surface area contributed by atoms with E-state index in [4.69, 9.17) is 0 Å². The molecule has 6 aromatic rings. The van der Waals surface area contributed by atoms with Crippen molar-refractivity contribution < 1.29 is 32.3 Å². The van der Waals surface area contributed by atoms with Crippen LogP contribution in [0.5, 0.6) is 0 Å². The molecule has 1 amide bonds. The molecule has 0 unspecified atom stereocenters. The van der Waals surface area contributed by atoms with Crippen molar-refractivity contribution in [3.8, 4) is 22.3 Å². The van der Waals surface area contributed by atoms with E-state index in [-0.39, 0.29) is 28.8 Å². The van der Waals surface area contributed by atoms with Gasteiger partial charge < -0.3 is 10.4 Å². The molecular formula is C37H27F4N3O3. The van der Waals surface area contributed by atoms with E-state index in [1.54, 1.807) is 29.8 Å². The Kier molecular flexibility index (Phi) is 8.34. The maximum atomic E-state index is 14.4. The first-order chi connectivity index (χ1) is 22.5. The number of fused-ring (bicyclic) bond motifs is 1. The van der Waals surface area contributed by atoms with Crippen LogP contribution in [0.2, 0.25) is 0 Å². The largest absolute Gasteiger partial charge is 0.478 e. The summed E-state index contributed by atoms with van der Waals surface area (Å²) in [5.41, 5.74) is 3.24. The van der Waals surface area contributed by atoms with Gasteiger partial charge in [-0.15, -0.1) is 0 Å². The lowest BCUT2D eigenvalue weighted by molar-refractivity contribution is -0.137. The Bertz CT molecular complexity index is 2110. The predicted octanol–water partition coefficient (Wildman–Crippen LogP) is 8.77. The van der Waals surface area contributed by atoms with Gasteiger partial charge in [0.15, 0.2) is 0 Å². The molecule has 10 heteroatoms. The lowest BCUT2D eigenvalue weighted by Gasteiger charge is -2.17. The summed E-state index contributed by atoms with van der Waals surface area (Å²) in [6.45, 7) is 2.01. The average Bonchev–Trinajstić information content (AvgIpc) is 3.46. The molecule has 0 saturated carbocycles. The molecule has 0 fully saturated rings. The number of carbonyl (C=O) groups is 2. The molecule has 0 spiro atoms. The molecular weight excluding hydrogens is 610 g/mol. The molecule has 5 aromatic carbocycles. The number of hydrogen-bond donors (Lipinski definition) is 2. The van der Waals surface area contributed by atoms with Crippen molar-refractivity contribution in [2.75, 3.05) is 0 Å². The van der Waals surface area contributed by atoms with Crippen LogP contribution in [-0.2, 0) is 12.7 Å². The summed E-state index contributed by atoms with van der Waals surface area (Å²) in [4.78, 5) is 25.2. The molecule has 0 aliphatic carbocycles. The predicted molar refractivity (Wildman–Crippen MR) is 170 cm³/mol. The summed E-state index contributed by atoms with van der Waals surface area (Å²) in [7, 11) is 0. The third kappa shape index (κ3) is 6.76. The van der Waals surface area contributed by atoms with E-state index in [0.717, 1.165) is 28.8 Å². The Hall–Kier alpha value is -5.77. The topological polar surface area (TPSA) is 84.2 Å². The Morgan fingerprint density at radius 1 is 0.830 bits per heavy atom. The van der Waals surface area contributed by atoms with E-state index < -0.39 is 35.5 Å². The first-order valence-corrected chi connectivity index (χ1v) is 14.6. The maximum Gasteiger partial charge on any atom is 0.416 e. The van der Waals surface area contributed by atoms with Crippen molar-refractivity contribution in [2.45, 2.75) is 25.7 Å². The average molecular weight is 638 g/mol. The standard InChI is InChI=1S/C37H27F4N3O3/c1-22(24-10-12-26(13-11-24)36(46)47)43-35(45)33-18-28(29-16-31(37(39,40)41)19-32(38)17-29)15-30-20-42-44(34(30)33)21-23-6-5-9-27(14-23)25-7-3-2-4-8-25/h2-20,22H,21H2,1H3,(H,43,45)(H,46,47)/t22-/m0/s1. The fourth-order valence-electron chi connectivity index (χ4n) is 5.54. The SMILES string of the molecule is C[C@H](NC(=O)c1cc(-c2cc(F)cc(C(F)(F)F)c2)cc2cnn(Cc3cccc(-c4ccccc4)c3)c12)c1ccc(C(=O)O)cc1. The van der Waals surface area contributed by atoms with Crippen LogP contribution in [0, 0.1) is 5.82 Å². The van der Waals surface area contributed by atoms with Gasteiger partial charge in [0, 0.05) is 5.39 Å². The minimum atomic E-state index is -4.77. The number of alkyl halides is 3. The van der Waals surface area contributed by atoms with Gasteiger partial charge in [-0.1, -0.05) is 60.7 Å². The van der Waals surface area contributed by atoms with Crippen LogP contribution < -0.4 is 5.32 Å². The van der Waals surface area contributed by atoms with Crippen molar-refractivity contribution >= 4 is 22.8 Å². The molecule has 236 valence electrons. The minimum Gasteiger partial charge on any atom is -0.478 e. The molecule has 0 saturated heterocycles. The molecule has 1 atom stereocenters. The lowest BCUT2D eigenvalue weighted by atomic mass is 9.97. The smallest absolute Gasteiger partial charge is 0.416 e. The van der Waals surface area contributed by atoms with Crippen molar-refractivity contribution in [3.05, 3.63) is 149 Å². The van der Waals surface area contributed by atoms with Gasteiger partial charge in [-0.25, -0.2) is 9.18 Å². The zero-order valence-electron chi connectivity index (χ0n) is 24.9. The van der Waals surface area contributed by atoms with Crippen LogP contribution in [0.4, 0.5) is 17.6 Å². The Morgan fingerprint density at radius 2 is 1.53 bits per heavy atom. The summed E-state index contributed by atoms with van der Waals surface area (Å²) in [5.74, 6) is -2.69. The molecule has 6 nitrogen and oxygen atoms in total. The number of halogens is 4. The van der Waals surface area contributed by atoms with E-state index in [0.29, 0.717) is 22.5 Å². The van der Waals surface area contributed by atoms with Crippen LogP contribution in [0.3, 0.4) is 0 Å². The molecule has 1 heterocycles. The van der Waals surface area contributed by atoms with Gasteiger partial charge in [-0.3, -0.25) is 9.48 Å². The number of benzene rings is 5. The Balaban J connectivity index is 1.42. The monoisotopic (exact) mass is 637 g/mol. The number of amides is 1. The zero-order valence-corrected chi connectivity index (χ0v) is 24.9. The van der Waals surface area contributed by atoms with Gasteiger partial charge >= 0.3 is 12.1 Å².